The van der Waals surface area contributed by atoms with E-state index in [-0.39, 0.29) is 11.1 Å². The molecule has 1 aromatic heterocycles. The average molecular weight is 236 g/mol. The fraction of sp³-hybridized carbons (Fsp3) is 0. The molecule has 86 valence electrons. The fourth-order valence-corrected chi connectivity index (χ4v) is 1.53. The van der Waals surface area contributed by atoms with E-state index in [0.29, 0.717) is 11.2 Å². The van der Waals surface area contributed by atoms with Crippen molar-refractivity contribution in [2.24, 2.45) is 0 Å². The molecule has 0 saturated carbocycles. The Morgan fingerprint density at radius 3 is 2.72 bits per heavy atom. The van der Waals surface area contributed by atoms with Gasteiger partial charge in [-0.1, -0.05) is 18.2 Å². The molecule has 0 radical (unpaired) electrons. The summed E-state index contributed by atoms with van der Waals surface area (Å²) in [5.74, 6) is 0.432. The number of nitrogens with one attached hydrogen (secondary N) is 2. The van der Waals surface area contributed by atoms with Gasteiger partial charge in [-0.15, -0.1) is 0 Å². The number of nitrogens with zero attached hydrogens (tertiary/aromatic N) is 2. The van der Waals surface area contributed by atoms with Gasteiger partial charge in [0.2, 0.25) is 0 Å². The van der Waals surface area contributed by atoms with Crippen LogP contribution in [0.25, 0.3) is 10.8 Å². The summed E-state index contributed by atoms with van der Waals surface area (Å²) in [7, 11) is 0. The van der Waals surface area contributed by atoms with Crippen LogP contribution in [0.15, 0.2) is 46.9 Å². The van der Waals surface area contributed by atoms with Gasteiger partial charge in [-0.3, -0.25) is 4.79 Å². The minimum atomic E-state index is -0.223. The monoisotopic (exact) mass is 236 g/mol. The van der Waals surface area contributed by atoms with E-state index in [9.17, 15) is 4.79 Å². The van der Waals surface area contributed by atoms with Gasteiger partial charge in [0, 0.05) is 11.6 Å². The smallest absolute Gasteiger partial charge is 0.257 e. The lowest BCUT2D eigenvalue weighted by atomic mass is 10.2. The van der Waals surface area contributed by atoms with Gasteiger partial charge in [0.15, 0.2) is 0 Å². The molecule has 0 aliphatic rings. The zero-order valence-electron chi connectivity index (χ0n) is 9.27. The van der Waals surface area contributed by atoms with Crippen molar-refractivity contribution in [3.63, 3.8) is 0 Å². The number of H-pyrrole nitrogens is 1. The quantitative estimate of drug-likeness (QED) is 0.778. The van der Waals surface area contributed by atoms with Crippen molar-refractivity contribution in [2.75, 3.05) is 5.32 Å². The summed E-state index contributed by atoms with van der Waals surface area (Å²) in [4.78, 5) is 14.4. The maximum absolute atomic E-state index is 11.7. The van der Waals surface area contributed by atoms with Crippen LogP contribution in [0.3, 0.4) is 0 Å². The maximum Gasteiger partial charge on any atom is 0.257 e. The number of hydrogen-bond donors (Lipinski definition) is 2. The van der Waals surface area contributed by atoms with Crippen molar-refractivity contribution in [3.05, 3.63) is 52.5 Å². The van der Waals surface area contributed by atoms with Gasteiger partial charge < -0.3 is 10.3 Å². The van der Waals surface area contributed by atoms with Crippen LogP contribution in [0.5, 0.6) is 0 Å². The van der Waals surface area contributed by atoms with Gasteiger partial charge in [-0.2, -0.15) is 10.5 Å². The molecule has 0 aliphatic heterocycles. The van der Waals surface area contributed by atoms with Crippen LogP contribution in [0.4, 0.5) is 5.82 Å². The highest BCUT2D eigenvalue weighted by Gasteiger charge is 2.00. The van der Waals surface area contributed by atoms with Crippen LogP contribution in [0.1, 0.15) is 0 Å². The minimum absolute atomic E-state index is 0.0657. The van der Waals surface area contributed by atoms with E-state index in [4.69, 9.17) is 10.5 Å². The van der Waals surface area contributed by atoms with Crippen LogP contribution in [-0.4, -0.2) is 4.98 Å². The highest BCUT2D eigenvalue weighted by molar-refractivity contribution is 5.83. The van der Waals surface area contributed by atoms with E-state index in [0.717, 1.165) is 5.39 Å². The third-order valence-electron chi connectivity index (χ3n) is 2.37. The predicted molar refractivity (Wildman–Crippen MR) is 67.5 cm³/mol. The number of allylic oxidation sites excluding steroid dienone is 1. The van der Waals surface area contributed by atoms with Crippen molar-refractivity contribution in [3.8, 4) is 12.1 Å². The molecule has 2 N–H and O–H groups in total. The van der Waals surface area contributed by atoms with E-state index < -0.39 is 0 Å². The lowest BCUT2D eigenvalue weighted by Gasteiger charge is -2.02. The van der Waals surface area contributed by atoms with Crippen LogP contribution >= 0.6 is 0 Å². The standard InChI is InChI=1S/C13H8N4O/c14-6-9(7-15)8-16-12-5-10-3-1-2-4-11(10)13(18)17-12/h1-5,8H,(H2,16,17,18). The Labute approximate surface area is 103 Å². The number of nitriles is 2. The highest BCUT2D eigenvalue weighted by atomic mass is 16.1. The SMILES string of the molecule is N#CC(C#N)=CNc1cc2ccccc2c(=O)[nH]1. The molecule has 5 nitrogen and oxygen atoms in total. The molecule has 2 rings (SSSR count). The van der Waals surface area contributed by atoms with Gasteiger partial charge in [0.25, 0.3) is 5.56 Å². The van der Waals surface area contributed by atoms with Gasteiger partial charge in [-0.25, -0.2) is 0 Å². The van der Waals surface area contributed by atoms with Crippen LogP contribution in [0, 0.1) is 22.7 Å². The summed E-state index contributed by atoms with van der Waals surface area (Å²) in [6.07, 6.45) is 1.25. The molecule has 0 atom stereocenters. The van der Waals surface area contributed by atoms with Crippen LogP contribution in [-0.2, 0) is 0 Å². The topological polar surface area (TPSA) is 92.5 Å². The second-order valence-corrected chi connectivity index (χ2v) is 3.53. The minimum Gasteiger partial charge on any atom is -0.346 e. The number of fused-ring (bicyclic) bond motifs is 1. The Kier molecular flexibility index (Phi) is 3.08. The Hall–Kier alpha value is -3.05. The molecule has 1 aromatic carbocycles. The molecule has 0 amide bonds. The summed E-state index contributed by atoms with van der Waals surface area (Å²) in [5, 5.41) is 21.2. The summed E-state index contributed by atoms with van der Waals surface area (Å²) < 4.78 is 0. The number of pyridine rings is 1. The van der Waals surface area contributed by atoms with E-state index >= 15 is 0 Å². The van der Waals surface area contributed by atoms with Gasteiger partial charge in [0.1, 0.15) is 23.5 Å². The van der Waals surface area contributed by atoms with Gasteiger partial charge in [-0.05, 0) is 17.5 Å². The molecule has 0 bridgehead atoms. The summed E-state index contributed by atoms with van der Waals surface area (Å²) in [6.45, 7) is 0. The van der Waals surface area contributed by atoms with E-state index in [1.165, 1.54) is 6.20 Å². The predicted octanol–water partition coefficient (Wildman–Crippen LogP) is 1.87. The molecular formula is C13H8N4O. The van der Waals surface area contributed by atoms with E-state index in [1.807, 2.05) is 12.1 Å². The van der Waals surface area contributed by atoms with Crippen molar-refractivity contribution >= 4 is 16.6 Å². The van der Waals surface area contributed by atoms with Gasteiger partial charge >= 0.3 is 0 Å². The van der Waals surface area contributed by atoms with Gasteiger partial charge in [0.05, 0.1) is 0 Å². The van der Waals surface area contributed by atoms with Crippen LogP contribution in [0.2, 0.25) is 0 Å². The van der Waals surface area contributed by atoms with E-state index in [1.54, 1.807) is 30.3 Å². The van der Waals surface area contributed by atoms with Crippen molar-refractivity contribution in [1.82, 2.24) is 4.98 Å². The largest absolute Gasteiger partial charge is 0.346 e. The number of benzene rings is 1. The number of aromatic amines is 1. The van der Waals surface area contributed by atoms with E-state index in [2.05, 4.69) is 10.3 Å². The first-order valence-electron chi connectivity index (χ1n) is 5.13. The zero-order chi connectivity index (χ0) is 13.0. The molecule has 0 unspecified atom stereocenters. The molecule has 5 heteroatoms. The molecule has 0 aliphatic carbocycles. The Morgan fingerprint density at radius 2 is 2.00 bits per heavy atom. The first kappa shape index (κ1) is 11.4. The number of rotatable bonds is 2. The number of anilines is 1. The molecule has 1 heterocycles. The molecule has 0 fully saturated rings. The first-order chi connectivity index (χ1) is 8.74. The zero-order valence-corrected chi connectivity index (χ0v) is 9.27. The lowest BCUT2D eigenvalue weighted by molar-refractivity contribution is 1.26. The normalized spacial score (nSPS) is 9.22. The summed E-state index contributed by atoms with van der Waals surface area (Å²) in [5.41, 5.74) is -0.288. The average Bonchev–Trinajstić information content (AvgIpc) is 2.40. The number of aromatic nitrogens is 1. The molecular weight excluding hydrogens is 228 g/mol. The Morgan fingerprint density at radius 1 is 1.28 bits per heavy atom. The first-order valence-corrected chi connectivity index (χ1v) is 5.13. The third kappa shape index (κ3) is 2.21. The second-order valence-electron chi connectivity index (χ2n) is 3.53. The highest BCUT2D eigenvalue weighted by Crippen LogP contribution is 2.12. The Balaban J connectivity index is 2.43. The van der Waals surface area contributed by atoms with Crippen LogP contribution < -0.4 is 10.9 Å². The fourth-order valence-electron chi connectivity index (χ4n) is 1.53. The molecule has 18 heavy (non-hydrogen) atoms. The maximum atomic E-state index is 11.7. The number of hydrogen-bond acceptors (Lipinski definition) is 4. The second kappa shape index (κ2) is 4.86. The van der Waals surface area contributed by atoms with Crippen molar-refractivity contribution < 1.29 is 0 Å². The molecule has 0 saturated heterocycles. The molecule has 0 spiro atoms. The molecule has 2 aromatic rings. The third-order valence-corrected chi connectivity index (χ3v) is 2.37. The Bertz CT molecular complexity index is 743. The van der Waals surface area contributed by atoms with Crippen molar-refractivity contribution in [1.29, 1.82) is 10.5 Å². The summed E-state index contributed by atoms with van der Waals surface area (Å²) in [6, 6.07) is 12.3. The lowest BCUT2D eigenvalue weighted by Crippen LogP contribution is -2.08. The summed E-state index contributed by atoms with van der Waals surface area (Å²) >= 11 is 0. The van der Waals surface area contributed by atoms with Crippen molar-refractivity contribution in [2.45, 2.75) is 0 Å².